The summed E-state index contributed by atoms with van der Waals surface area (Å²) in [5.74, 6) is -1.23. The lowest BCUT2D eigenvalue weighted by molar-refractivity contribution is 0.0699. The van der Waals surface area contributed by atoms with Gasteiger partial charge in [0.1, 0.15) is 0 Å². The van der Waals surface area contributed by atoms with Crippen LogP contribution in [0.4, 0.5) is 0 Å². The standard InChI is InChI=1S/C21H14ClN3O3S/c1-11-3-2-4-14(9-11)25-18-17(19(26)24-21(25)29)15(20(27)28)10-16(23-18)12-5-7-13(22)8-6-12/h2-10H,1H3,(H,27,28)(H,24,26,29). The summed E-state index contributed by atoms with van der Waals surface area (Å²) in [5.41, 5.74) is 2.14. The molecule has 6 nitrogen and oxygen atoms in total. The second-order valence-electron chi connectivity index (χ2n) is 6.50. The molecule has 0 radical (unpaired) electrons. The average molecular weight is 424 g/mol. The fraction of sp³-hybridized carbons (Fsp3) is 0.0476. The Morgan fingerprint density at radius 2 is 1.90 bits per heavy atom. The molecule has 0 bridgehead atoms. The fourth-order valence-corrected chi connectivity index (χ4v) is 3.58. The van der Waals surface area contributed by atoms with Gasteiger partial charge in [0.05, 0.1) is 22.3 Å². The predicted molar refractivity (Wildman–Crippen MR) is 115 cm³/mol. The maximum absolute atomic E-state index is 12.6. The van der Waals surface area contributed by atoms with Gasteiger partial charge in [-0.15, -0.1) is 0 Å². The van der Waals surface area contributed by atoms with Crippen LogP contribution >= 0.6 is 23.8 Å². The lowest BCUT2D eigenvalue weighted by Gasteiger charge is -2.14. The third kappa shape index (κ3) is 3.46. The first-order valence-corrected chi connectivity index (χ1v) is 9.40. The van der Waals surface area contributed by atoms with E-state index in [0.29, 0.717) is 22.0 Å². The van der Waals surface area contributed by atoms with Gasteiger partial charge in [0.2, 0.25) is 0 Å². The summed E-state index contributed by atoms with van der Waals surface area (Å²) in [6.45, 7) is 1.93. The van der Waals surface area contributed by atoms with Crippen molar-refractivity contribution in [1.29, 1.82) is 0 Å². The van der Waals surface area contributed by atoms with E-state index in [-0.39, 0.29) is 21.4 Å². The highest BCUT2D eigenvalue weighted by Crippen LogP contribution is 2.26. The number of H-pyrrole nitrogens is 1. The van der Waals surface area contributed by atoms with Crippen molar-refractivity contribution in [3.63, 3.8) is 0 Å². The van der Waals surface area contributed by atoms with Gasteiger partial charge in [-0.2, -0.15) is 0 Å². The lowest BCUT2D eigenvalue weighted by Crippen LogP contribution is -2.18. The molecular weight excluding hydrogens is 410 g/mol. The number of hydrogen-bond donors (Lipinski definition) is 2. The number of pyridine rings is 1. The smallest absolute Gasteiger partial charge is 0.336 e. The molecule has 2 aromatic heterocycles. The molecule has 0 saturated heterocycles. The molecule has 0 aliphatic rings. The van der Waals surface area contributed by atoms with Gasteiger partial charge in [0.15, 0.2) is 10.4 Å². The number of aromatic nitrogens is 3. The number of carbonyl (C=O) groups is 1. The average Bonchev–Trinajstić information content (AvgIpc) is 2.67. The van der Waals surface area contributed by atoms with Crippen LogP contribution in [0.15, 0.2) is 59.4 Å². The third-order valence-corrected chi connectivity index (χ3v) is 5.03. The van der Waals surface area contributed by atoms with Crippen LogP contribution in [-0.2, 0) is 0 Å². The number of halogens is 1. The van der Waals surface area contributed by atoms with Crippen LogP contribution in [0.1, 0.15) is 15.9 Å². The van der Waals surface area contributed by atoms with Gasteiger partial charge in [-0.3, -0.25) is 14.3 Å². The number of aromatic carboxylic acids is 1. The number of benzene rings is 2. The van der Waals surface area contributed by atoms with E-state index >= 15 is 0 Å². The molecule has 0 aliphatic carbocycles. The number of fused-ring (bicyclic) bond motifs is 1. The number of nitrogens with zero attached hydrogens (tertiary/aromatic N) is 2. The molecule has 0 amide bonds. The Kier molecular flexibility index (Phi) is 4.77. The van der Waals surface area contributed by atoms with Gasteiger partial charge in [-0.05, 0) is 55.0 Å². The van der Waals surface area contributed by atoms with Gasteiger partial charge < -0.3 is 5.11 Å². The first-order chi connectivity index (χ1) is 13.8. The fourth-order valence-electron chi connectivity index (χ4n) is 3.17. The lowest BCUT2D eigenvalue weighted by atomic mass is 10.1. The zero-order valence-corrected chi connectivity index (χ0v) is 16.7. The Morgan fingerprint density at radius 3 is 2.55 bits per heavy atom. The van der Waals surface area contributed by atoms with Gasteiger partial charge >= 0.3 is 5.97 Å². The minimum Gasteiger partial charge on any atom is -0.478 e. The van der Waals surface area contributed by atoms with Crippen LogP contribution in [-0.4, -0.2) is 25.6 Å². The number of hydrogen-bond acceptors (Lipinski definition) is 4. The van der Waals surface area contributed by atoms with Crippen LogP contribution < -0.4 is 5.56 Å². The Labute approximate surface area is 175 Å². The van der Waals surface area contributed by atoms with Crippen molar-refractivity contribution in [2.45, 2.75) is 6.92 Å². The van der Waals surface area contributed by atoms with E-state index in [1.807, 2.05) is 31.2 Å². The van der Waals surface area contributed by atoms with Crippen molar-refractivity contribution in [2.75, 3.05) is 0 Å². The maximum Gasteiger partial charge on any atom is 0.336 e. The molecule has 0 fully saturated rings. The van der Waals surface area contributed by atoms with Gasteiger partial charge in [0, 0.05) is 10.6 Å². The molecule has 144 valence electrons. The molecule has 0 atom stereocenters. The largest absolute Gasteiger partial charge is 0.478 e. The molecule has 2 heterocycles. The summed E-state index contributed by atoms with van der Waals surface area (Å²) in [6.07, 6.45) is 0. The molecule has 0 unspecified atom stereocenters. The van der Waals surface area contributed by atoms with Crippen molar-refractivity contribution in [3.8, 4) is 16.9 Å². The van der Waals surface area contributed by atoms with Gasteiger partial charge in [-0.25, -0.2) is 9.78 Å². The summed E-state index contributed by atoms with van der Waals surface area (Å²) in [4.78, 5) is 31.7. The quantitative estimate of drug-likeness (QED) is 0.463. The Hall–Kier alpha value is -3.29. The molecule has 4 aromatic rings. The predicted octanol–water partition coefficient (Wildman–Crippen LogP) is 4.77. The SMILES string of the molecule is Cc1cccc(-n2c(=S)[nH]c(=O)c3c(C(=O)O)cc(-c4ccc(Cl)cc4)nc32)c1. The zero-order valence-electron chi connectivity index (χ0n) is 15.1. The molecule has 29 heavy (non-hydrogen) atoms. The molecule has 2 aromatic carbocycles. The van der Waals surface area contributed by atoms with E-state index in [0.717, 1.165) is 5.56 Å². The molecule has 0 saturated carbocycles. The zero-order chi connectivity index (χ0) is 20.7. The Balaban J connectivity index is 2.16. The number of aryl methyl sites for hydroxylation is 1. The van der Waals surface area contributed by atoms with E-state index in [4.69, 9.17) is 23.8 Å². The summed E-state index contributed by atoms with van der Waals surface area (Å²) < 4.78 is 1.70. The number of rotatable bonds is 3. The van der Waals surface area contributed by atoms with Crippen molar-refractivity contribution >= 4 is 40.8 Å². The van der Waals surface area contributed by atoms with Crippen LogP contribution in [0.5, 0.6) is 0 Å². The third-order valence-electron chi connectivity index (χ3n) is 4.49. The highest BCUT2D eigenvalue weighted by Gasteiger charge is 2.19. The number of nitrogens with one attached hydrogen (secondary N) is 1. The van der Waals surface area contributed by atoms with Crippen molar-refractivity contribution in [3.05, 3.63) is 85.9 Å². The topological polar surface area (TPSA) is 88.0 Å². The number of carboxylic acids is 1. The number of aromatic amines is 1. The van der Waals surface area contributed by atoms with E-state index < -0.39 is 11.5 Å². The molecule has 4 rings (SSSR count). The summed E-state index contributed by atoms with van der Waals surface area (Å²) in [6, 6.07) is 15.7. The molecule has 0 aliphatic heterocycles. The van der Waals surface area contributed by atoms with Crippen molar-refractivity contribution < 1.29 is 9.90 Å². The summed E-state index contributed by atoms with van der Waals surface area (Å²) in [7, 11) is 0. The molecule has 8 heteroatoms. The van der Waals surface area contributed by atoms with Crippen LogP contribution in [0.25, 0.3) is 28.0 Å². The number of carboxylic acid groups (broad SMARTS) is 1. The van der Waals surface area contributed by atoms with Gasteiger partial charge in [-0.1, -0.05) is 35.9 Å². The van der Waals surface area contributed by atoms with E-state index in [2.05, 4.69) is 9.97 Å². The van der Waals surface area contributed by atoms with Crippen LogP contribution in [0.3, 0.4) is 0 Å². The first kappa shape index (κ1) is 19.0. The highest BCUT2D eigenvalue weighted by atomic mass is 35.5. The summed E-state index contributed by atoms with van der Waals surface area (Å²) >= 11 is 11.3. The monoisotopic (exact) mass is 423 g/mol. The van der Waals surface area contributed by atoms with Crippen LogP contribution in [0.2, 0.25) is 5.02 Å². The first-order valence-electron chi connectivity index (χ1n) is 8.61. The van der Waals surface area contributed by atoms with Crippen molar-refractivity contribution in [1.82, 2.24) is 14.5 Å². The highest BCUT2D eigenvalue weighted by molar-refractivity contribution is 7.71. The van der Waals surface area contributed by atoms with E-state index in [1.165, 1.54) is 6.07 Å². The van der Waals surface area contributed by atoms with E-state index in [9.17, 15) is 14.7 Å². The maximum atomic E-state index is 12.6. The Morgan fingerprint density at radius 1 is 1.17 bits per heavy atom. The minimum absolute atomic E-state index is 0.0367. The molecular formula is C21H14ClN3O3S. The summed E-state index contributed by atoms with van der Waals surface area (Å²) in [5, 5.41) is 10.3. The van der Waals surface area contributed by atoms with Gasteiger partial charge in [0.25, 0.3) is 5.56 Å². The molecule has 0 spiro atoms. The second-order valence-corrected chi connectivity index (χ2v) is 7.32. The van der Waals surface area contributed by atoms with Crippen molar-refractivity contribution in [2.24, 2.45) is 0 Å². The Bertz CT molecular complexity index is 1390. The van der Waals surface area contributed by atoms with E-state index in [1.54, 1.807) is 28.8 Å². The normalized spacial score (nSPS) is 11.0. The van der Waals surface area contributed by atoms with Crippen LogP contribution in [0, 0.1) is 11.7 Å². The second kappa shape index (κ2) is 7.27. The minimum atomic E-state index is -1.23. The molecule has 2 N–H and O–H groups in total.